The van der Waals surface area contributed by atoms with Gasteiger partial charge in [-0.25, -0.2) is 23.9 Å². The Kier molecular flexibility index (Phi) is 8.54. The number of pyridine rings is 1. The summed E-state index contributed by atoms with van der Waals surface area (Å²) in [4.78, 5) is 37.6. The normalized spacial score (nSPS) is 12.9. The van der Waals surface area contributed by atoms with Crippen molar-refractivity contribution in [1.29, 1.82) is 0 Å². The monoisotopic (exact) mass is 630 g/mol. The molecule has 15 heteroatoms. The van der Waals surface area contributed by atoms with Gasteiger partial charge in [-0.05, 0) is 51.5 Å². The third-order valence-corrected chi connectivity index (χ3v) is 6.79. The summed E-state index contributed by atoms with van der Waals surface area (Å²) in [6, 6.07) is 3.69. The molecule has 5 rings (SSSR count). The molecule has 0 spiro atoms. The lowest BCUT2D eigenvalue weighted by atomic mass is 10.0. The van der Waals surface area contributed by atoms with Gasteiger partial charge in [-0.15, -0.1) is 0 Å². The molecule has 45 heavy (non-hydrogen) atoms. The van der Waals surface area contributed by atoms with Crippen LogP contribution in [0.1, 0.15) is 60.6 Å². The highest BCUT2D eigenvalue weighted by Gasteiger charge is 2.34. The minimum Gasteiger partial charge on any atom is -0.493 e. The number of carbonyl (C=O) groups is 2. The maximum absolute atomic E-state index is 14.8. The van der Waals surface area contributed by atoms with Crippen molar-refractivity contribution in [3.63, 3.8) is 0 Å². The van der Waals surface area contributed by atoms with Gasteiger partial charge in [0.05, 0.1) is 18.7 Å². The van der Waals surface area contributed by atoms with Crippen LogP contribution in [0.5, 0.6) is 5.75 Å². The fourth-order valence-electron chi connectivity index (χ4n) is 4.89. The van der Waals surface area contributed by atoms with Crippen LogP contribution in [0.15, 0.2) is 36.9 Å². The molecule has 0 aliphatic carbocycles. The highest BCUT2D eigenvalue weighted by molar-refractivity contribution is 6.00. The molecular weight excluding hydrogens is 600 g/mol. The number of aromatic nitrogens is 4. The van der Waals surface area contributed by atoms with Crippen LogP contribution in [0.25, 0.3) is 16.6 Å². The molecule has 238 valence electrons. The Morgan fingerprint density at radius 1 is 1.07 bits per heavy atom. The summed E-state index contributed by atoms with van der Waals surface area (Å²) in [6.07, 6.45) is -1.47. The quantitative estimate of drug-likeness (QED) is 0.186. The van der Waals surface area contributed by atoms with E-state index in [4.69, 9.17) is 14.2 Å². The van der Waals surface area contributed by atoms with Gasteiger partial charge in [-0.1, -0.05) is 0 Å². The number of nitrogens with one attached hydrogen (secondary N) is 2. The molecule has 0 bridgehead atoms. The van der Waals surface area contributed by atoms with Crippen molar-refractivity contribution in [3.8, 4) is 16.9 Å². The number of carbonyl (C=O) groups excluding carboxylic acids is 2. The molecule has 0 saturated heterocycles. The van der Waals surface area contributed by atoms with Crippen LogP contribution in [0.3, 0.4) is 0 Å². The van der Waals surface area contributed by atoms with Crippen LogP contribution in [-0.4, -0.2) is 50.2 Å². The van der Waals surface area contributed by atoms with Gasteiger partial charge in [0.1, 0.15) is 29.2 Å². The molecule has 11 nitrogen and oxygen atoms in total. The third kappa shape index (κ3) is 6.76. The number of esters is 1. The van der Waals surface area contributed by atoms with Crippen LogP contribution < -0.4 is 15.4 Å². The van der Waals surface area contributed by atoms with E-state index in [2.05, 4.69) is 25.6 Å². The fraction of sp³-hybridized carbons (Fsp3) is 0.367. The van der Waals surface area contributed by atoms with E-state index in [0.717, 1.165) is 17.8 Å². The number of ether oxygens (including phenoxy) is 3. The Hall–Kier alpha value is -4.95. The molecule has 4 aromatic rings. The van der Waals surface area contributed by atoms with Crippen molar-refractivity contribution < 1.29 is 41.4 Å². The van der Waals surface area contributed by atoms with Crippen LogP contribution >= 0.6 is 0 Å². The number of halogens is 4. The predicted octanol–water partition coefficient (Wildman–Crippen LogP) is 5.70. The highest BCUT2D eigenvalue weighted by atomic mass is 19.4. The Bertz CT molecular complexity index is 1770. The first-order chi connectivity index (χ1) is 21.3. The molecule has 0 saturated carbocycles. The Balaban J connectivity index is 1.59. The lowest BCUT2D eigenvalue weighted by Gasteiger charge is -2.20. The minimum absolute atomic E-state index is 0.0135. The number of hydrogen-bond acceptors (Lipinski definition) is 9. The zero-order valence-corrected chi connectivity index (χ0v) is 24.8. The van der Waals surface area contributed by atoms with Gasteiger partial charge in [0.15, 0.2) is 5.69 Å². The molecule has 1 amide bonds. The number of amides is 1. The van der Waals surface area contributed by atoms with Crippen molar-refractivity contribution in [2.45, 2.75) is 59.0 Å². The molecular formula is C30H30F4N6O5. The zero-order chi connectivity index (χ0) is 32.5. The second-order valence-corrected chi connectivity index (χ2v) is 11.1. The van der Waals surface area contributed by atoms with E-state index in [-0.39, 0.29) is 53.5 Å². The lowest BCUT2D eigenvalue weighted by Crippen LogP contribution is -2.32. The molecule has 3 aromatic heterocycles. The number of rotatable bonds is 8. The minimum atomic E-state index is -4.77. The van der Waals surface area contributed by atoms with Crippen LogP contribution in [0.4, 0.5) is 28.3 Å². The Morgan fingerprint density at radius 2 is 1.82 bits per heavy atom. The van der Waals surface area contributed by atoms with E-state index >= 15 is 0 Å². The van der Waals surface area contributed by atoms with Crippen molar-refractivity contribution in [3.05, 3.63) is 70.8 Å². The first-order valence-electron chi connectivity index (χ1n) is 14.0. The number of benzene rings is 1. The van der Waals surface area contributed by atoms with E-state index in [1.807, 2.05) is 0 Å². The fourth-order valence-corrected chi connectivity index (χ4v) is 4.89. The van der Waals surface area contributed by atoms with Crippen molar-refractivity contribution in [1.82, 2.24) is 24.7 Å². The summed E-state index contributed by atoms with van der Waals surface area (Å²) < 4.78 is 73.2. The van der Waals surface area contributed by atoms with E-state index in [1.54, 1.807) is 33.8 Å². The van der Waals surface area contributed by atoms with Crippen molar-refractivity contribution >= 4 is 23.5 Å². The first kappa shape index (κ1) is 31.5. The number of nitrogens with zero attached hydrogens (tertiary/aromatic N) is 4. The second-order valence-electron chi connectivity index (χ2n) is 11.1. The van der Waals surface area contributed by atoms with E-state index in [0.29, 0.717) is 24.3 Å². The van der Waals surface area contributed by atoms with Crippen molar-refractivity contribution in [2.24, 2.45) is 0 Å². The average Bonchev–Trinajstić information content (AvgIpc) is 3.62. The van der Waals surface area contributed by atoms with Gasteiger partial charge >= 0.3 is 18.2 Å². The smallest absolute Gasteiger partial charge is 0.433 e. The maximum Gasteiger partial charge on any atom is 0.433 e. The summed E-state index contributed by atoms with van der Waals surface area (Å²) in [7, 11) is 0. The molecule has 0 atom stereocenters. The van der Waals surface area contributed by atoms with Gasteiger partial charge < -0.3 is 24.8 Å². The molecule has 0 radical (unpaired) electrons. The van der Waals surface area contributed by atoms with E-state index in [9.17, 15) is 27.2 Å². The van der Waals surface area contributed by atoms with Gasteiger partial charge in [-0.2, -0.15) is 13.2 Å². The average molecular weight is 631 g/mol. The molecule has 2 N–H and O–H groups in total. The summed E-state index contributed by atoms with van der Waals surface area (Å²) >= 11 is 0. The number of fused-ring (bicyclic) bond motifs is 2. The van der Waals surface area contributed by atoms with Gasteiger partial charge in [-0.3, -0.25) is 9.38 Å². The second kappa shape index (κ2) is 12.2. The molecule has 4 heterocycles. The number of imidazole rings is 1. The number of alkyl halides is 3. The topological polar surface area (TPSA) is 129 Å². The number of anilines is 1. The molecule has 0 fully saturated rings. The van der Waals surface area contributed by atoms with Crippen LogP contribution in [-0.2, 0) is 35.2 Å². The molecule has 1 aliphatic rings. The molecule has 1 aliphatic heterocycles. The summed E-state index contributed by atoms with van der Waals surface area (Å²) in [6.45, 7) is 6.67. The van der Waals surface area contributed by atoms with Crippen molar-refractivity contribution in [2.75, 3.05) is 18.5 Å². The SMILES string of the molecule is CCOC(=O)c1ncn2c(NCc3c(F)ccc4c3CCO4)ncc(-c3cnc(C(F)(F)F)cc3CNC(=O)OC(C)(C)C)c12. The lowest BCUT2D eigenvalue weighted by molar-refractivity contribution is -0.141. The van der Waals surface area contributed by atoms with Gasteiger partial charge in [0, 0.05) is 54.2 Å². The van der Waals surface area contributed by atoms with E-state index < -0.39 is 35.4 Å². The standard InChI is InChI=1S/C30H30F4N6O5/c1-5-43-26(41)24-25-20(18-12-35-23(30(32,33)34)10-16(18)11-38-28(42)45-29(2,3)4)14-37-27(40(25)15-39-24)36-13-19-17-8-9-44-22(17)7-6-21(19)31/h6-7,10,12,14-15H,5,8-9,11,13H2,1-4H3,(H,36,37)(H,38,42). The summed E-state index contributed by atoms with van der Waals surface area (Å²) in [5.41, 5.74) is -0.564. The summed E-state index contributed by atoms with van der Waals surface area (Å²) in [5.74, 6) is -0.455. The first-order valence-corrected chi connectivity index (χ1v) is 14.0. The van der Waals surface area contributed by atoms with E-state index in [1.165, 1.54) is 23.0 Å². The van der Waals surface area contributed by atoms with Gasteiger partial charge in [0.2, 0.25) is 5.95 Å². The Labute approximate surface area is 254 Å². The number of alkyl carbamates (subject to hydrolysis) is 1. The van der Waals surface area contributed by atoms with Crippen LogP contribution in [0.2, 0.25) is 0 Å². The Morgan fingerprint density at radius 3 is 2.53 bits per heavy atom. The largest absolute Gasteiger partial charge is 0.493 e. The van der Waals surface area contributed by atoms with Crippen LogP contribution in [0, 0.1) is 5.82 Å². The predicted molar refractivity (Wildman–Crippen MR) is 153 cm³/mol. The molecule has 0 unspecified atom stereocenters. The maximum atomic E-state index is 14.8. The van der Waals surface area contributed by atoms with Gasteiger partial charge in [0.25, 0.3) is 0 Å². The zero-order valence-electron chi connectivity index (χ0n) is 24.8. The molecule has 1 aromatic carbocycles. The third-order valence-electron chi connectivity index (χ3n) is 6.79. The highest BCUT2D eigenvalue weighted by Crippen LogP contribution is 2.35. The number of hydrogen-bond donors (Lipinski definition) is 2. The summed E-state index contributed by atoms with van der Waals surface area (Å²) in [5, 5.41) is 5.54.